The van der Waals surface area contributed by atoms with Crippen LogP contribution in [-0.4, -0.2) is 24.0 Å². The number of carbonyl (C=O) groups is 2. The Morgan fingerprint density at radius 1 is 1.07 bits per heavy atom. The number of dihydropyridines is 1. The van der Waals surface area contributed by atoms with Gasteiger partial charge in [0.2, 0.25) is 0 Å². The second-order valence-corrected chi connectivity index (χ2v) is 8.81. The molecule has 1 unspecified atom stereocenters. The van der Waals surface area contributed by atoms with Crippen molar-refractivity contribution in [3.8, 4) is 5.75 Å². The highest BCUT2D eigenvalue weighted by Crippen LogP contribution is 2.43. The van der Waals surface area contributed by atoms with Crippen LogP contribution in [0.1, 0.15) is 77.2 Å². The van der Waals surface area contributed by atoms with E-state index in [0.717, 1.165) is 66.8 Å². The van der Waals surface area contributed by atoms with Crippen molar-refractivity contribution in [3.63, 3.8) is 0 Å². The largest absolute Gasteiger partial charge is 0.491 e. The SMILES string of the molecule is CC1=C(C(=O)OC2CCCC2)C(c2ccc(OC(C)C)cc2)C2=C(CCCC2=O)N1. The summed E-state index contributed by atoms with van der Waals surface area (Å²) >= 11 is 0. The topological polar surface area (TPSA) is 64.6 Å². The van der Waals surface area contributed by atoms with Gasteiger partial charge in [-0.25, -0.2) is 4.79 Å². The van der Waals surface area contributed by atoms with Crippen molar-refractivity contribution in [2.24, 2.45) is 0 Å². The maximum atomic E-state index is 13.3. The number of esters is 1. The first-order valence-electron chi connectivity index (χ1n) is 11.2. The molecular formula is C25H31NO4. The van der Waals surface area contributed by atoms with E-state index in [4.69, 9.17) is 9.47 Å². The van der Waals surface area contributed by atoms with E-state index in [-0.39, 0.29) is 24.0 Å². The summed E-state index contributed by atoms with van der Waals surface area (Å²) in [6.45, 7) is 5.89. The molecule has 1 fully saturated rings. The molecule has 0 saturated heterocycles. The zero-order chi connectivity index (χ0) is 21.3. The molecule has 5 heteroatoms. The molecule has 1 atom stereocenters. The molecule has 0 bridgehead atoms. The van der Waals surface area contributed by atoms with E-state index in [1.807, 2.05) is 45.0 Å². The van der Waals surface area contributed by atoms with Crippen LogP contribution in [0.2, 0.25) is 0 Å². The van der Waals surface area contributed by atoms with Crippen LogP contribution in [0.4, 0.5) is 0 Å². The van der Waals surface area contributed by atoms with Crippen LogP contribution in [0.15, 0.2) is 46.8 Å². The van der Waals surface area contributed by atoms with Gasteiger partial charge < -0.3 is 14.8 Å². The fraction of sp³-hybridized carbons (Fsp3) is 0.520. The molecule has 0 aromatic heterocycles. The molecule has 1 saturated carbocycles. The van der Waals surface area contributed by atoms with Crippen LogP contribution in [0.5, 0.6) is 5.75 Å². The minimum atomic E-state index is -0.393. The Morgan fingerprint density at radius 2 is 1.77 bits per heavy atom. The van der Waals surface area contributed by atoms with E-state index in [0.29, 0.717) is 12.0 Å². The average molecular weight is 410 g/mol. The van der Waals surface area contributed by atoms with E-state index < -0.39 is 5.92 Å². The number of benzene rings is 1. The number of Topliss-reactive ketones (excluding diaryl/α,β-unsaturated/α-hetero) is 1. The van der Waals surface area contributed by atoms with Gasteiger partial charge in [-0.3, -0.25) is 4.79 Å². The molecule has 30 heavy (non-hydrogen) atoms. The summed E-state index contributed by atoms with van der Waals surface area (Å²) < 4.78 is 11.6. The van der Waals surface area contributed by atoms with Crippen molar-refractivity contribution in [3.05, 3.63) is 52.4 Å². The normalized spacial score (nSPS) is 22.3. The lowest BCUT2D eigenvalue weighted by Crippen LogP contribution is -2.35. The molecule has 0 amide bonds. The van der Waals surface area contributed by atoms with Gasteiger partial charge in [0.15, 0.2) is 5.78 Å². The molecule has 160 valence electrons. The van der Waals surface area contributed by atoms with Crippen LogP contribution in [0.25, 0.3) is 0 Å². The van der Waals surface area contributed by atoms with Gasteiger partial charge in [-0.1, -0.05) is 12.1 Å². The molecule has 2 aliphatic carbocycles. The van der Waals surface area contributed by atoms with Gasteiger partial charge in [0.05, 0.1) is 11.7 Å². The van der Waals surface area contributed by atoms with Crippen molar-refractivity contribution < 1.29 is 19.1 Å². The molecule has 4 rings (SSSR count). The zero-order valence-electron chi connectivity index (χ0n) is 18.1. The van der Waals surface area contributed by atoms with E-state index in [2.05, 4.69) is 5.32 Å². The second-order valence-electron chi connectivity index (χ2n) is 8.81. The van der Waals surface area contributed by atoms with Crippen LogP contribution in [0, 0.1) is 0 Å². The van der Waals surface area contributed by atoms with Crippen LogP contribution < -0.4 is 10.1 Å². The quantitative estimate of drug-likeness (QED) is 0.699. The first-order valence-corrected chi connectivity index (χ1v) is 11.2. The zero-order valence-corrected chi connectivity index (χ0v) is 18.1. The number of nitrogens with one attached hydrogen (secondary N) is 1. The number of hydrogen-bond acceptors (Lipinski definition) is 5. The number of hydrogen-bond donors (Lipinski definition) is 1. The van der Waals surface area contributed by atoms with Gasteiger partial charge in [-0.15, -0.1) is 0 Å². The lowest BCUT2D eigenvalue weighted by atomic mass is 9.75. The molecule has 1 aliphatic heterocycles. The van der Waals surface area contributed by atoms with Gasteiger partial charge in [0, 0.05) is 29.3 Å². The van der Waals surface area contributed by atoms with Gasteiger partial charge in [0.25, 0.3) is 0 Å². The summed E-state index contributed by atoms with van der Waals surface area (Å²) in [5, 5.41) is 3.35. The first-order chi connectivity index (χ1) is 14.4. The lowest BCUT2D eigenvalue weighted by Gasteiger charge is -2.34. The minimum absolute atomic E-state index is 0.0160. The van der Waals surface area contributed by atoms with Crippen molar-refractivity contribution in [2.45, 2.75) is 83.8 Å². The Bertz CT molecular complexity index is 888. The monoisotopic (exact) mass is 409 g/mol. The third-order valence-electron chi connectivity index (χ3n) is 6.16. The van der Waals surface area contributed by atoms with E-state index in [1.54, 1.807) is 0 Å². The fourth-order valence-corrected chi connectivity index (χ4v) is 4.82. The number of ketones is 1. The predicted molar refractivity (Wildman–Crippen MR) is 115 cm³/mol. The van der Waals surface area contributed by atoms with Crippen molar-refractivity contribution in [1.82, 2.24) is 5.32 Å². The highest BCUT2D eigenvalue weighted by atomic mass is 16.5. The molecule has 1 aromatic carbocycles. The molecule has 1 heterocycles. The predicted octanol–water partition coefficient (Wildman–Crippen LogP) is 4.93. The molecular weight excluding hydrogens is 378 g/mol. The Balaban J connectivity index is 1.71. The van der Waals surface area contributed by atoms with E-state index >= 15 is 0 Å². The van der Waals surface area contributed by atoms with Crippen molar-refractivity contribution in [2.75, 3.05) is 0 Å². The number of rotatable bonds is 5. The number of allylic oxidation sites excluding steroid dienone is 3. The van der Waals surface area contributed by atoms with Crippen molar-refractivity contribution >= 4 is 11.8 Å². The molecule has 0 spiro atoms. The Labute approximate surface area is 178 Å². The molecule has 1 aromatic rings. The molecule has 1 N–H and O–H groups in total. The van der Waals surface area contributed by atoms with E-state index in [9.17, 15) is 9.59 Å². The van der Waals surface area contributed by atoms with Crippen LogP contribution in [0.3, 0.4) is 0 Å². The van der Waals surface area contributed by atoms with E-state index in [1.165, 1.54) is 0 Å². The molecule has 0 radical (unpaired) electrons. The summed E-state index contributed by atoms with van der Waals surface area (Å²) in [6.07, 6.45) is 6.30. The summed E-state index contributed by atoms with van der Waals surface area (Å²) in [5.41, 5.74) is 3.96. The van der Waals surface area contributed by atoms with Crippen LogP contribution in [-0.2, 0) is 14.3 Å². The summed E-state index contributed by atoms with van der Waals surface area (Å²) in [7, 11) is 0. The van der Waals surface area contributed by atoms with Crippen molar-refractivity contribution in [1.29, 1.82) is 0 Å². The lowest BCUT2D eigenvalue weighted by molar-refractivity contribution is -0.144. The standard InChI is InChI=1S/C25H31NO4/c1-15(2)29-19-13-11-17(12-14-19)23-22(25(28)30-18-7-4-5-8-18)16(3)26-20-9-6-10-21(27)24(20)23/h11-15,18,23,26H,4-10H2,1-3H3. The third kappa shape index (κ3) is 4.16. The smallest absolute Gasteiger partial charge is 0.337 e. The van der Waals surface area contributed by atoms with Gasteiger partial charge >= 0.3 is 5.97 Å². The Kier molecular flexibility index (Phi) is 5.98. The first kappa shape index (κ1) is 20.7. The minimum Gasteiger partial charge on any atom is -0.491 e. The highest BCUT2D eigenvalue weighted by Gasteiger charge is 2.39. The summed E-state index contributed by atoms with van der Waals surface area (Å²) in [4.78, 5) is 26.2. The third-order valence-corrected chi connectivity index (χ3v) is 6.16. The summed E-state index contributed by atoms with van der Waals surface area (Å²) in [6, 6.07) is 7.77. The highest BCUT2D eigenvalue weighted by molar-refractivity contribution is 6.03. The summed E-state index contributed by atoms with van der Waals surface area (Å²) in [5.74, 6) is 0.206. The fourth-order valence-electron chi connectivity index (χ4n) is 4.82. The molecule has 3 aliphatic rings. The van der Waals surface area contributed by atoms with Gasteiger partial charge in [-0.05, 0) is 77.0 Å². The maximum Gasteiger partial charge on any atom is 0.337 e. The Morgan fingerprint density at radius 3 is 2.43 bits per heavy atom. The average Bonchev–Trinajstić information content (AvgIpc) is 3.20. The maximum absolute atomic E-state index is 13.3. The molecule has 5 nitrogen and oxygen atoms in total. The number of ether oxygens (including phenoxy) is 2. The number of carbonyl (C=O) groups excluding carboxylic acids is 2. The van der Waals surface area contributed by atoms with Gasteiger partial charge in [-0.2, -0.15) is 0 Å². The Hall–Kier alpha value is -2.56. The second kappa shape index (κ2) is 8.66. The van der Waals surface area contributed by atoms with Crippen LogP contribution >= 0.6 is 0 Å². The van der Waals surface area contributed by atoms with Gasteiger partial charge in [0.1, 0.15) is 11.9 Å².